The molecule has 1 fully saturated rings. The second-order valence-electron chi connectivity index (χ2n) is 16.6. The molecule has 61 heavy (non-hydrogen) atoms. The maximum absolute atomic E-state index is 14.4. The number of ether oxygens (including phenoxy) is 4. The van der Waals surface area contributed by atoms with Crippen LogP contribution in [0.1, 0.15) is 89.2 Å². The molecule has 0 aromatic heterocycles. The Bertz CT molecular complexity index is 2090. The molecular weight excluding hydrogens is 791 g/mol. The fourth-order valence-corrected chi connectivity index (χ4v) is 8.37. The van der Waals surface area contributed by atoms with Crippen molar-refractivity contribution in [2.45, 2.75) is 105 Å². The molecule has 1 amide bonds. The number of aliphatic hydroxyl groups excluding tert-OH is 2. The number of allylic oxidation sites excluding steroid dienone is 2. The predicted molar refractivity (Wildman–Crippen MR) is 228 cm³/mol. The fourth-order valence-electron chi connectivity index (χ4n) is 8.37. The van der Waals surface area contributed by atoms with E-state index in [0.717, 1.165) is 32.1 Å². The number of nitrogens with zero attached hydrogens (tertiary/aromatic N) is 2. The van der Waals surface area contributed by atoms with Crippen LogP contribution in [-0.4, -0.2) is 118 Å². The molecule has 0 unspecified atom stereocenters. The van der Waals surface area contributed by atoms with Crippen molar-refractivity contribution < 1.29 is 63.7 Å². The number of fused-ring (bicyclic) bond motifs is 14. The lowest BCUT2D eigenvalue weighted by molar-refractivity contribution is -0.160. The maximum atomic E-state index is 14.4. The van der Waals surface area contributed by atoms with Gasteiger partial charge in [-0.15, -0.1) is 0 Å². The number of rotatable bonds is 7. The van der Waals surface area contributed by atoms with E-state index in [1.54, 1.807) is 39.8 Å². The van der Waals surface area contributed by atoms with Gasteiger partial charge in [0.2, 0.25) is 0 Å². The van der Waals surface area contributed by atoms with E-state index in [1.165, 1.54) is 59.6 Å². The Hall–Kier alpha value is -5.16. The number of ketones is 1. The highest BCUT2D eigenvalue weighted by Gasteiger charge is 2.50. The zero-order valence-electron chi connectivity index (χ0n) is 36.4. The number of phenols is 3. The molecule has 0 saturated carbocycles. The first-order valence-corrected chi connectivity index (χ1v) is 20.8. The molecule has 0 spiro atoms. The summed E-state index contributed by atoms with van der Waals surface area (Å²) in [5.74, 6) is -8.57. The summed E-state index contributed by atoms with van der Waals surface area (Å²) in [5, 5.41) is 64.4. The number of methoxy groups -OCH3 is 1. The summed E-state index contributed by atoms with van der Waals surface area (Å²) >= 11 is 0. The van der Waals surface area contributed by atoms with Crippen LogP contribution >= 0.6 is 0 Å². The monoisotopic (exact) mass is 851 g/mol. The van der Waals surface area contributed by atoms with Crippen LogP contribution in [0.25, 0.3) is 10.8 Å². The van der Waals surface area contributed by atoms with Gasteiger partial charge in [-0.05, 0) is 45.9 Å². The molecule has 1 saturated heterocycles. The highest BCUT2D eigenvalue weighted by molar-refractivity contribution is 6.23. The molecule has 2 aromatic rings. The summed E-state index contributed by atoms with van der Waals surface area (Å²) in [6.07, 6.45) is 7.96. The van der Waals surface area contributed by atoms with E-state index in [4.69, 9.17) is 23.8 Å². The van der Waals surface area contributed by atoms with Crippen molar-refractivity contribution in [1.29, 1.82) is 0 Å². The van der Waals surface area contributed by atoms with Gasteiger partial charge in [-0.2, -0.15) is 0 Å². The zero-order valence-corrected chi connectivity index (χ0v) is 36.4. The molecule has 6 rings (SSSR count). The van der Waals surface area contributed by atoms with Gasteiger partial charge in [0.1, 0.15) is 30.0 Å². The minimum atomic E-state index is -2.06. The Morgan fingerprint density at radius 3 is 2.31 bits per heavy atom. The average molecular weight is 852 g/mol. The van der Waals surface area contributed by atoms with Crippen molar-refractivity contribution >= 4 is 40.3 Å². The van der Waals surface area contributed by atoms with E-state index < -0.39 is 88.8 Å². The van der Waals surface area contributed by atoms with Gasteiger partial charge in [0.25, 0.3) is 11.7 Å². The molecule has 0 aliphatic carbocycles. The van der Waals surface area contributed by atoms with Crippen LogP contribution in [0.5, 0.6) is 23.0 Å². The van der Waals surface area contributed by atoms with Crippen LogP contribution in [0.15, 0.2) is 41.3 Å². The number of likely N-dealkylation sites (tertiary alicyclic amines) is 1. The first-order chi connectivity index (χ1) is 28.8. The number of hydrogen-bond donors (Lipinski definition) is 6. The molecule has 4 aliphatic heterocycles. The number of aliphatic hydroxyl groups is 2. The van der Waals surface area contributed by atoms with Gasteiger partial charge in [0.15, 0.2) is 5.75 Å². The number of esters is 1. The second kappa shape index (κ2) is 19.7. The smallest absolute Gasteiger partial charge is 0.312 e. The minimum Gasteiger partial charge on any atom is -0.507 e. The number of carbonyl (C=O) groups is 3. The topological polar surface area (TPSA) is 226 Å². The van der Waals surface area contributed by atoms with Gasteiger partial charge < -0.3 is 54.6 Å². The Morgan fingerprint density at radius 2 is 1.66 bits per heavy atom. The van der Waals surface area contributed by atoms with Crippen LogP contribution in [-0.2, 0) is 28.6 Å². The number of nitrogens with one attached hydrogen (secondary N) is 1. The number of oxime groups is 1. The van der Waals surface area contributed by atoms with Crippen molar-refractivity contribution in [3.8, 4) is 23.0 Å². The van der Waals surface area contributed by atoms with Crippen molar-refractivity contribution in [1.82, 2.24) is 4.90 Å². The molecule has 334 valence electrons. The third-order valence-electron chi connectivity index (χ3n) is 12.2. The number of benzene rings is 2. The highest BCUT2D eigenvalue weighted by Crippen LogP contribution is 2.55. The SMILES string of the molecule is CO[C@H]1/C=C/O[C@@]2(C)Oc3c(C)c(O)c4c(O)c(c(/C=N/OCCN5CCCCC5)c(O)c4c3C2=O)NC(=O)/C(C)=C/C=C/[C@H](C)[C@H](O)[C@@H](C)[C@@H](O)[C@@H](C)[C@H](OC(C)=O)[C@@H]1C. The van der Waals surface area contributed by atoms with E-state index in [0.29, 0.717) is 6.54 Å². The largest absolute Gasteiger partial charge is 0.507 e. The van der Waals surface area contributed by atoms with Crippen LogP contribution < -0.4 is 10.1 Å². The van der Waals surface area contributed by atoms with Crippen molar-refractivity contribution in [2.75, 3.05) is 38.7 Å². The third kappa shape index (κ3) is 9.82. The van der Waals surface area contributed by atoms with Gasteiger partial charge in [-0.3, -0.25) is 19.3 Å². The summed E-state index contributed by atoms with van der Waals surface area (Å²) in [7, 11) is 1.43. The van der Waals surface area contributed by atoms with Gasteiger partial charge in [-0.1, -0.05) is 57.5 Å². The fraction of sp³-hybridized carbons (Fsp3) is 0.556. The summed E-state index contributed by atoms with van der Waals surface area (Å²) in [4.78, 5) is 48.3. The van der Waals surface area contributed by atoms with Gasteiger partial charge in [0, 0.05) is 67.7 Å². The summed E-state index contributed by atoms with van der Waals surface area (Å²) in [6, 6.07) is 0. The Labute approximate surface area is 356 Å². The van der Waals surface area contributed by atoms with E-state index in [2.05, 4.69) is 15.4 Å². The van der Waals surface area contributed by atoms with Gasteiger partial charge >= 0.3 is 11.8 Å². The number of piperidine rings is 1. The maximum Gasteiger partial charge on any atom is 0.312 e. The van der Waals surface area contributed by atoms with E-state index in [-0.39, 0.29) is 51.1 Å². The lowest BCUT2D eigenvalue weighted by atomic mass is 9.78. The molecule has 2 aromatic carbocycles. The quantitative estimate of drug-likeness (QED) is 0.0499. The summed E-state index contributed by atoms with van der Waals surface area (Å²) in [6.45, 7) is 15.2. The molecule has 6 N–H and O–H groups in total. The normalized spacial score (nSPS) is 31.3. The molecule has 4 aliphatic rings. The Kier molecular flexibility index (Phi) is 15.1. The number of carbonyl (C=O) groups excluding carboxylic acids is 3. The third-order valence-corrected chi connectivity index (χ3v) is 12.2. The van der Waals surface area contributed by atoms with Gasteiger partial charge in [0.05, 0.1) is 53.0 Å². The second-order valence-corrected chi connectivity index (χ2v) is 16.6. The molecule has 16 heteroatoms. The zero-order chi connectivity index (χ0) is 44.9. The van der Waals surface area contributed by atoms with E-state index >= 15 is 0 Å². The number of amides is 1. The number of hydrogen-bond acceptors (Lipinski definition) is 15. The van der Waals surface area contributed by atoms with Crippen molar-refractivity contribution in [3.05, 3.63) is 52.8 Å². The first-order valence-electron chi connectivity index (χ1n) is 20.8. The molecule has 5 bridgehead atoms. The van der Waals surface area contributed by atoms with Crippen LogP contribution in [0, 0.1) is 30.6 Å². The summed E-state index contributed by atoms with van der Waals surface area (Å²) < 4.78 is 23.6. The minimum absolute atomic E-state index is 0.0408. The van der Waals surface area contributed by atoms with Crippen molar-refractivity contribution in [2.24, 2.45) is 28.8 Å². The molecule has 0 radical (unpaired) electrons. The van der Waals surface area contributed by atoms with Gasteiger partial charge in [-0.25, -0.2) is 0 Å². The number of anilines is 1. The molecule has 4 heterocycles. The van der Waals surface area contributed by atoms with Crippen LogP contribution in [0.3, 0.4) is 0 Å². The predicted octanol–water partition coefficient (Wildman–Crippen LogP) is 5.59. The van der Waals surface area contributed by atoms with Crippen molar-refractivity contribution in [3.63, 3.8) is 0 Å². The lowest BCUT2D eigenvalue weighted by Crippen LogP contribution is -2.46. The van der Waals surface area contributed by atoms with Crippen LogP contribution in [0.2, 0.25) is 0 Å². The van der Waals surface area contributed by atoms with E-state index in [1.807, 2.05) is 0 Å². The van der Waals surface area contributed by atoms with Crippen LogP contribution in [0.4, 0.5) is 5.69 Å². The number of phenolic OH excluding ortho intramolecular Hbond substituents is 3. The molecule has 9 atom stereocenters. The summed E-state index contributed by atoms with van der Waals surface area (Å²) in [5.41, 5.74) is -0.555. The Balaban J connectivity index is 1.65. The van der Waals surface area contributed by atoms with E-state index in [9.17, 15) is 39.9 Å². The molecular formula is C45H61N3O13. The number of aromatic hydroxyl groups is 3. The average Bonchev–Trinajstić information content (AvgIpc) is 3.50. The highest BCUT2D eigenvalue weighted by atomic mass is 16.7. The Morgan fingerprint density at radius 1 is 0.967 bits per heavy atom. The number of Topliss-reactive ketones (excluding diaryl/α,β-unsaturated/α-hetero) is 1. The lowest BCUT2D eigenvalue weighted by Gasteiger charge is -2.38. The molecule has 16 nitrogen and oxygen atoms in total. The standard InChI is InChI=1S/C45H61N3O13/c1-23-14-13-15-24(2)44(56)47-35-30(22-46-59-21-19-48-17-11-10-12-18-48)39(53)32-33(40(35)54)38(52)28(6)42-34(32)43(55)45(8,61-42)58-20-16-31(57-9)25(3)41(60-29(7)49)27(5)37(51)26(4)36(23)50/h13-16,20,22-23,25-27,31,36-37,41,50-54H,10-12,17-19,21H2,1-9H3,(H,47,56)/b14-13+,20-16+,24-15+,46-22+/t23-,25+,26+,27+,31-,36-,37+,41+,45-/m0/s1. The first kappa shape index (κ1) is 46.9.